The van der Waals surface area contributed by atoms with Gasteiger partial charge in [0.1, 0.15) is 92.1 Å². The van der Waals surface area contributed by atoms with Crippen molar-refractivity contribution in [3.63, 3.8) is 0 Å². The number of allylic oxidation sites excluding steroid dienone is 2. The zero-order valence-electron chi connectivity index (χ0n) is 47.8. The summed E-state index contributed by atoms with van der Waals surface area (Å²) in [6.07, 6.45) is -3.66. The molecule has 17 unspecified atom stereocenters. The third-order valence-electron chi connectivity index (χ3n) is 15.2. The molecule has 0 spiro atoms. The van der Waals surface area contributed by atoms with Gasteiger partial charge in [-0.3, -0.25) is 18.6 Å². The van der Waals surface area contributed by atoms with Crippen LogP contribution in [0, 0.1) is 5.92 Å². The molecule has 3 rings (SSSR count). The Labute approximate surface area is 473 Å². The van der Waals surface area contributed by atoms with Gasteiger partial charge in [-0.25, -0.2) is 4.57 Å². The van der Waals surface area contributed by atoms with Crippen molar-refractivity contribution in [1.82, 2.24) is 0 Å². The van der Waals surface area contributed by atoms with Crippen LogP contribution in [-0.4, -0.2) is 204 Å². The molecule has 0 amide bonds. The molecule has 2 aliphatic heterocycles. The van der Waals surface area contributed by atoms with E-state index in [1.807, 2.05) is 0 Å². The maximum Gasteiger partial charge on any atom is 0.472 e. The average molecular weight is 1180 g/mol. The van der Waals surface area contributed by atoms with E-state index in [4.69, 9.17) is 37.5 Å². The summed E-state index contributed by atoms with van der Waals surface area (Å²) >= 11 is 0. The second kappa shape index (κ2) is 40.5. The third-order valence-corrected chi connectivity index (χ3v) is 16.2. The number of carbonyl (C=O) groups excluding carboxylic acids is 2. The van der Waals surface area contributed by atoms with Crippen LogP contribution in [-0.2, 0) is 51.6 Å². The lowest BCUT2D eigenvalue weighted by Crippen LogP contribution is -2.69. The number of rotatable bonds is 43. The molecule has 80 heavy (non-hydrogen) atoms. The van der Waals surface area contributed by atoms with Crippen molar-refractivity contribution in [2.75, 3.05) is 26.4 Å². The van der Waals surface area contributed by atoms with E-state index in [0.29, 0.717) is 25.2 Å². The van der Waals surface area contributed by atoms with Crippen LogP contribution in [0.1, 0.15) is 194 Å². The molecule has 0 radical (unpaired) electrons. The molecule has 3 aliphatic rings. The molecule has 24 heteroatoms. The van der Waals surface area contributed by atoms with Crippen LogP contribution in [0.25, 0.3) is 0 Å². The number of unbranched alkanes of at least 4 members (excludes halogenated alkanes) is 19. The third kappa shape index (κ3) is 26.2. The minimum absolute atomic E-state index is 0.0502. The van der Waals surface area contributed by atoms with Gasteiger partial charge in [0.15, 0.2) is 18.7 Å². The normalized spacial score (nSPS) is 31.7. The summed E-state index contributed by atoms with van der Waals surface area (Å²) in [7, 11) is -5.64. The van der Waals surface area contributed by atoms with E-state index in [1.54, 1.807) is 0 Å². The number of hydrogen-bond acceptors (Lipinski definition) is 22. The number of phosphoric acid groups is 1. The van der Waals surface area contributed by atoms with Crippen LogP contribution >= 0.6 is 7.82 Å². The fourth-order valence-electron chi connectivity index (χ4n) is 10.1. The van der Waals surface area contributed by atoms with E-state index < -0.39 is 150 Å². The number of ether oxygens (including phenoxy) is 6. The molecule has 2 heterocycles. The first-order valence-electron chi connectivity index (χ1n) is 29.9. The first kappa shape index (κ1) is 72.4. The largest absolute Gasteiger partial charge is 0.472 e. The number of aliphatic hydroxyl groups excluding tert-OH is 11. The SMILES string of the molecule is CCCCCCCC/C=C\CCCCCC(=O)OC(COC(=O)CCCCCCCCC(C)CCCCCCCC)COP(=O)(O)OC1C(OC2OC(CO)C(O)C(O)C2O)C(O)C(O)C(O)C1OC1OC(CO)C(O)C(O)C1O. The molecule has 0 aromatic heterocycles. The number of carbonyl (C=O) groups is 2. The molecule has 23 nitrogen and oxygen atoms in total. The van der Waals surface area contributed by atoms with Crippen LogP contribution in [0.5, 0.6) is 0 Å². The summed E-state index contributed by atoms with van der Waals surface area (Å²) in [5.74, 6) is -0.645. The molecule has 1 aliphatic carbocycles. The Morgan fingerprint density at radius 3 is 1.36 bits per heavy atom. The monoisotopic (exact) mass is 1170 g/mol. The van der Waals surface area contributed by atoms with Gasteiger partial charge in [0.05, 0.1) is 19.8 Å². The average Bonchev–Trinajstić information content (AvgIpc) is 3.46. The number of phosphoric ester groups is 1. The molecule has 2 saturated heterocycles. The molecule has 0 aromatic carbocycles. The molecule has 17 atom stereocenters. The Kier molecular flexibility index (Phi) is 36.7. The predicted molar refractivity (Wildman–Crippen MR) is 291 cm³/mol. The Balaban J connectivity index is 1.71. The summed E-state index contributed by atoms with van der Waals surface area (Å²) in [5.41, 5.74) is 0. The Morgan fingerprint density at radius 1 is 0.500 bits per heavy atom. The molecule has 0 bridgehead atoms. The molecular formula is C56H103O23P. The van der Waals surface area contributed by atoms with E-state index in [2.05, 4.69) is 32.9 Å². The summed E-state index contributed by atoms with van der Waals surface area (Å²) < 4.78 is 58.1. The lowest BCUT2D eigenvalue weighted by Gasteiger charge is -2.49. The fourth-order valence-corrected chi connectivity index (χ4v) is 11.1. The molecule has 12 N–H and O–H groups in total. The lowest BCUT2D eigenvalue weighted by molar-refractivity contribution is -0.360. The zero-order chi connectivity index (χ0) is 59.0. The van der Waals surface area contributed by atoms with Crippen LogP contribution in [0.4, 0.5) is 0 Å². The Hall–Kier alpha value is -1.81. The van der Waals surface area contributed by atoms with Crippen LogP contribution < -0.4 is 0 Å². The van der Waals surface area contributed by atoms with Crippen molar-refractivity contribution in [2.45, 2.75) is 298 Å². The van der Waals surface area contributed by atoms with Gasteiger partial charge in [0, 0.05) is 12.8 Å². The van der Waals surface area contributed by atoms with Gasteiger partial charge in [0.2, 0.25) is 0 Å². The van der Waals surface area contributed by atoms with Crippen molar-refractivity contribution in [3.05, 3.63) is 12.2 Å². The highest BCUT2D eigenvalue weighted by molar-refractivity contribution is 7.47. The van der Waals surface area contributed by atoms with Gasteiger partial charge in [-0.1, -0.05) is 155 Å². The summed E-state index contributed by atoms with van der Waals surface area (Å²) in [4.78, 5) is 37.5. The Morgan fingerprint density at radius 2 is 0.900 bits per heavy atom. The van der Waals surface area contributed by atoms with Crippen molar-refractivity contribution in [2.24, 2.45) is 5.92 Å². The predicted octanol–water partition coefficient (Wildman–Crippen LogP) is 4.17. The van der Waals surface area contributed by atoms with E-state index in [-0.39, 0.29) is 12.8 Å². The second-order valence-electron chi connectivity index (χ2n) is 22.1. The quantitative estimate of drug-likeness (QED) is 0.0176. The van der Waals surface area contributed by atoms with Crippen LogP contribution in [0.2, 0.25) is 0 Å². The summed E-state index contributed by atoms with van der Waals surface area (Å²) in [5, 5.41) is 117. The highest BCUT2D eigenvalue weighted by Crippen LogP contribution is 2.49. The molecule has 470 valence electrons. The van der Waals surface area contributed by atoms with Gasteiger partial charge in [-0.05, 0) is 44.4 Å². The molecule has 0 aromatic rings. The smallest absolute Gasteiger partial charge is 0.462 e. The maximum atomic E-state index is 14.0. The number of esters is 2. The molecular weight excluding hydrogens is 1070 g/mol. The standard InChI is InChI=1S/C56H103O23P/c1-4-6-8-10-12-13-14-15-16-17-18-24-28-32-42(60)74-38(35-72-41(59)31-27-23-20-19-22-26-30-37(3)29-25-21-11-9-7-5-2)36-73-80(70,71)79-54-52(77-55-50(68)45(63)43(61)39(33-57)75-55)48(66)47(65)49(67)53(54)78-56-51(69)46(64)44(62)40(34-58)76-56/h15-16,37-40,43-58,61-69H,4-14,17-36H2,1-3H3,(H,70,71)/b16-15-. The van der Waals surface area contributed by atoms with Gasteiger partial charge in [-0.2, -0.15) is 0 Å². The van der Waals surface area contributed by atoms with Crippen molar-refractivity contribution in [1.29, 1.82) is 0 Å². The van der Waals surface area contributed by atoms with E-state index in [1.165, 1.54) is 83.5 Å². The zero-order valence-corrected chi connectivity index (χ0v) is 48.7. The fraction of sp³-hybridized carbons (Fsp3) is 0.929. The maximum absolute atomic E-state index is 14.0. The van der Waals surface area contributed by atoms with Crippen molar-refractivity contribution in [3.8, 4) is 0 Å². The molecule has 3 fully saturated rings. The second-order valence-corrected chi connectivity index (χ2v) is 23.6. The first-order valence-corrected chi connectivity index (χ1v) is 31.4. The minimum Gasteiger partial charge on any atom is -0.462 e. The van der Waals surface area contributed by atoms with Crippen LogP contribution in [0.15, 0.2) is 12.2 Å². The summed E-state index contributed by atoms with van der Waals surface area (Å²) in [6, 6.07) is 0. The highest BCUT2D eigenvalue weighted by atomic mass is 31.2. The lowest BCUT2D eigenvalue weighted by atomic mass is 9.84. The van der Waals surface area contributed by atoms with E-state index >= 15 is 0 Å². The van der Waals surface area contributed by atoms with Gasteiger partial charge < -0.3 is 89.5 Å². The highest BCUT2D eigenvalue weighted by Gasteiger charge is 2.58. The summed E-state index contributed by atoms with van der Waals surface area (Å²) in [6.45, 7) is 3.31. The Bertz CT molecular complexity index is 1660. The van der Waals surface area contributed by atoms with Crippen LogP contribution in [0.3, 0.4) is 0 Å². The first-order chi connectivity index (χ1) is 38.3. The molecule has 1 saturated carbocycles. The van der Waals surface area contributed by atoms with Gasteiger partial charge in [0.25, 0.3) is 0 Å². The number of aliphatic hydroxyl groups is 11. The minimum atomic E-state index is -5.64. The van der Waals surface area contributed by atoms with Crippen molar-refractivity contribution >= 4 is 19.8 Å². The van der Waals surface area contributed by atoms with E-state index in [9.17, 15) is 75.2 Å². The van der Waals surface area contributed by atoms with Gasteiger partial charge in [-0.15, -0.1) is 0 Å². The van der Waals surface area contributed by atoms with Gasteiger partial charge >= 0.3 is 19.8 Å². The topological polar surface area (TPSA) is 368 Å². The number of hydrogen-bond donors (Lipinski definition) is 12. The van der Waals surface area contributed by atoms with E-state index in [0.717, 1.165) is 57.8 Å². The van der Waals surface area contributed by atoms with Crippen molar-refractivity contribution < 1.29 is 113 Å².